The normalized spacial score (nSPS) is 11.2. The second kappa shape index (κ2) is 8.91. The van der Waals surface area contributed by atoms with Crippen molar-refractivity contribution in [1.82, 2.24) is 0 Å². The Morgan fingerprint density at radius 3 is 1.77 bits per heavy atom. The maximum absolute atomic E-state index is 6.44. The first-order valence-electron chi connectivity index (χ1n) is 8.69. The molecule has 3 aromatic carbocycles. The Hall–Kier alpha value is -1.53. The molecule has 0 aliphatic heterocycles. The molecule has 0 aliphatic rings. The zero-order valence-corrected chi connectivity index (χ0v) is 17.3. The van der Waals surface area contributed by atoms with Gasteiger partial charge in [-0.05, 0) is 41.3 Å². The first-order chi connectivity index (χ1) is 12.6. The Morgan fingerprint density at radius 1 is 0.769 bits per heavy atom. The molecule has 0 fully saturated rings. The maximum Gasteiger partial charge on any atom is 0.117 e. The molecule has 0 N–H and O–H groups in total. The third-order valence-electron chi connectivity index (χ3n) is 4.41. The molecule has 26 heavy (non-hydrogen) atoms. The summed E-state index contributed by atoms with van der Waals surface area (Å²) >= 11 is 12.9. The number of rotatable bonds is 6. The van der Waals surface area contributed by atoms with E-state index in [1.807, 2.05) is 12.1 Å². The lowest BCUT2D eigenvalue weighted by atomic mass is 10.00. The van der Waals surface area contributed by atoms with Crippen molar-refractivity contribution in [2.75, 3.05) is 4.90 Å². The molecule has 4 heteroatoms. The summed E-state index contributed by atoms with van der Waals surface area (Å²) in [6.45, 7) is 3.87. The monoisotopic (exact) mass is 401 g/mol. The van der Waals surface area contributed by atoms with Crippen molar-refractivity contribution in [2.45, 2.75) is 26.3 Å². The van der Waals surface area contributed by atoms with Crippen LogP contribution in [0.4, 0.5) is 11.4 Å². The van der Waals surface area contributed by atoms with Gasteiger partial charge in [0.1, 0.15) is 6.63 Å². The van der Waals surface area contributed by atoms with Crippen LogP contribution in [0.25, 0.3) is 0 Å². The second-order valence-electron chi connectivity index (χ2n) is 6.50. The van der Waals surface area contributed by atoms with E-state index in [4.69, 9.17) is 22.5 Å². The first-order valence-corrected chi connectivity index (χ1v) is 11.8. The molecule has 1 nitrogen and oxygen atoms in total. The van der Waals surface area contributed by atoms with E-state index in [9.17, 15) is 0 Å². The standard InChI is InChI=1S/C22H22Cl2NP/c1-17(2)21-15-9-10-18(22(21)26(23)24)16-25(19-11-5-3-6-12-19)20-13-7-4-8-14-20/h3-15,17H,16H2,1-2H3. The third-order valence-corrected chi connectivity index (χ3v) is 6.30. The van der Waals surface area contributed by atoms with Crippen molar-refractivity contribution in [2.24, 2.45) is 0 Å². The van der Waals surface area contributed by atoms with Crippen molar-refractivity contribution in [3.8, 4) is 0 Å². The van der Waals surface area contributed by atoms with Crippen molar-refractivity contribution in [1.29, 1.82) is 0 Å². The lowest BCUT2D eigenvalue weighted by molar-refractivity contribution is 0.868. The fourth-order valence-electron chi connectivity index (χ4n) is 3.13. The van der Waals surface area contributed by atoms with Crippen LogP contribution in [0.15, 0.2) is 78.9 Å². The predicted molar refractivity (Wildman–Crippen MR) is 118 cm³/mol. The number of hydrogen-bond donors (Lipinski definition) is 0. The van der Waals surface area contributed by atoms with Gasteiger partial charge in [-0.2, -0.15) is 0 Å². The van der Waals surface area contributed by atoms with Crippen molar-refractivity contribution < 1.29 is 0 Å². The van der Waals surface area contributed by atoms with Gasteiger partial charge in [0, 0.05) is 23.2 Å². The Labute approximate surface area is 166 Å². The van der Waals surface area contributed by atoms with E-state index in [1.165, 1.54) is 11.1 Å². The number of nitrogens with zero attached hydrogens (tertiary/aromatic N) is 1. The van der Waals surface area contributed by atoms with Crippen LogP contribution in [0.3, 0.4) is 0 Å². The smallest absolute Gasteiger partial charge is 0.117 e. The van der Waals surface area contributed by atoms with Gasteiger partial charge in [-0.15, -0.1) is 0 Å². The first kappa shape index (κ1) is 19.2. The zero-order valence-electron chi connectivity index (χ0n) is 14.9. The summed E-state index contributed by atoms with van der Waals surface area (Å²) in [7, 11) is 0. The Morgan fingerprint density at radius 2 is 1.31 bits per heavy atom. The Kier molecular flexibility index (Phi) is 6.59. The summed E-state index contributed by atoms with van der Waals surface area (Å²) in [6.07, 6.45) is 0. The van der Waals surface area contributed by atoms with Gasteiger partial charge in [0.15, 0.2) is 0 Å². The van der Waals surface area contributed by atoms with Crippen molar-refractivity contribution in [3.63, 3.8) is 0 Å². The fourth-order valence-corrected chi connectivity index (χ4v) is 5.26. The average molecular weight is 402 g/mol. The molecule has 134 valence electrons. The molecule has 0 unspecified atom stereocenters. The molecule has 0 heterocycles. The van der Waals surface area contributed by atoms with Gasteiger partial charge in [0.2, 0.25) is 0 Å². The van der Waals surface area contributed by atoms with E-state index in [1.54, 1.807) is 0 Å². The van der Waals surface area contributed by atoms with E-state index in [0.717, 1.165) is 23.2 Å². The highest BCUT2D eigenvalue weighted by molar-refractivity contribution is 8.09. The largest absolute Gasteiger partial charge is 0.337 e. The van der Waals surface area contributed by atoms with E-state index in [2.05, 4.69) is 85.5 Å². The van der Waals surface area contributed by atoms with Crippen LogP contribution in [-0.4, -0.2) is 0 Å². The highest BCUT2D eigenvalue weighted by Crippen LogP contribution is 2.48. The van der Waals surface area contributed by atoms with Crippen LogP contribution >= 0.6 is 29.1 Å². The number of para-hydroxylation sites is 2. The van der Waals surface area contributed by atoms with E-state index >= 15 is 0 Å². The maximum atomic E-state index is 6.44. The fraction of sp³-hybridized carbons (Fsp3) is 0.182. The lowest BCUT2D eigenvalue weighted by Gasteiger charge is -2.27. The molecule has 0 aliphatic carbocycles. The quantitative estimate of drug-likeness (QED) is 0.385. The lowest BCUT2D eigenvalue weighted by Crippen LogP contribution is -2.22. The number of halogens is 2. The van der Waals surface area contributed by atoms with Gasteiger partial charge < -0.3 is 4.90 Å². The molecule has 0 bridgehead atoms. The predicted octanol–water partition coefficient (Wildman–Crippen LogP) is 7.56. The topological polar surface area (TPSA) is 3.24 Å². The summed E-state index contributed by atoms with van der Waals surface area (Å²) in [4.78, 5) is 2.30. The molecule has 0 saturated carbocycles. The van der Waals surface area contributed by atoms with Crippen molar-refractivity contribution >= 4 is 45.8 Å². The molecule has 0 atom stereocenters. The minimum atomic E-state index is -1.22. The molecule has 0 radical (unpaired) electrons. The van der Waals surface area contributed by atoms with Crippen molar-refractivity contribution in [3.05, 3.63) is 90.0 Å². The van der Waals surface area contributed by atoms with Gasteiger partial charge in [0.05, 0.1) is 0 Å². The van der Waals surface area contributed by atoms with Gasteiger partial charge >= 0.3 is 0 Å². The average Bonchev–Trinajstić information content (AvgIpc) is 2.67. The molecule has 3 rings (SSSR count). The number of benzene rings is 3. The number of hydrogen-bond acceptors (Lipinski definition) is 1. The van der Waals surface area contributed by atoms with Crippen LogP contribution in [0.2, 0.25) is 0 Å². The zero-order chi connectivity index (χ0) is 18.5. The van der Waals surface area contributed by atoms with E-state index in [-0.39, 0.29) is 0 Å². The summed E-state index contributed by atoms with van der Waals surface area (Å²) in [6, 6.07) is 27.2. The van der Waals surface area contributed by atoms with Crippen LogP contribution in [0, 0.1) is 0 Å². The number of anilines is 2. The molecule has 0 aromatic heterocycles. The van der Waals surface area contributed by atoms with Crippen LogP contribution < -0.4 is 10.2 Å². The summed E-state index contributed by atoms with van der Waals surface area (Å²) in [5, 5.41) is 1.10. The highest BCUT2D eigenvalue weighted by Gasteiger charge is 2.20. The second-order valence-corrected chi connectivity index (χ2v) is 9.96. The highest BCUT2D eigenvalue weighted by atomic mass is 35.9. The van der Waals surface area contributed by atoms with Gasteiger partial charge in [-0.3, -0.25) is 0 Å². The van der Waals surface area contributed by atoms with E-state index < -0.39 is 6.63 Å². The minimum Gasteiger partial charge on any atom is -0.337 e. The SMILES string of the molecule is CC(C)c1cccc(CN(c2ccccc2)c2ccccc2)c1P(Cl)Cl. The molecular formula is C22H22Cl2NP. The minimum absolute atomic E-state index is 0.384. The van der Waals surface area contributed by atoms with Crippen LogP contribution in [0.5, 0.6) is 0 Å². The Balaban J connectivity index is 2.07. The third kappa shape index (κ3) is 4.41. The van der Waals surface area contributed by atoms with E-state index in [0.29, 0.717) is 5.92 Å². The van der Waals surface area contributed by atoms with Gasteiger partial charge in [-0.25, -0.2) is 0 Å². The summed E-state index contributed by atoms with van der Waals surface area (Å²) in [5.41, 5.74) is 4.71. The van der Waals surface area contributed by atoms with Gasteiger partial charge in [0.25, 0.3) is 0 Å². The molecule has 0 spiro atoms. The Bertz CT molecular complexity index is 796. The molecule has 3 aromatic rings. The van der Waals surface area contributed by atoms with Crippen LogP contribution in [-0.2, 0) is 6.54 Å². The molecule has 0 amide bonds. The molecular weight excluding hydrogens is 380 g/mol. The summed E-state index contributed by atoms with van der Waals surface area (Å²) < 4.78 is 0. The van der Waals surface area contributed by atoms with Crippen LogP contribution in [0.1, 0.15) is 30.9 Å². The summed E-state index contributed by atoms with van der Waals surface area (Å²) in [5.74, 6) is 0.384. The van der Waals surface area contributed by atoms with Gasteiger partial charge in [-0.1, -0.05) is 90.9 Å². The molecule has 0 saturated heterocycles.